The molecule has 2 aliphatic rings. The van der Waals surface area contributed by atoms with Crippen molar-refractivity contribution in [3.8, 4) is 5.75 Å². The number of benzene rings is 1. The van der Waals surface area contributed by atoms with E-state index in [9.17, 15) is 9.90 Å². The summed E-state index contributed by atoms with van der Waals surface area (Å²) in [4.78, 5) is 18.4. The number of aryl methyl sites for hydroxylation is 1. The van der Waals surface area contributed by atoms with Gasteiger partial charge < -0.3 is 14.7 Å². The number of piperidine rings is 1. The summed E-state index contributed by atoms with van der Waals surface area (Å²) in [5, 5.41) is 11.2. The van der Waals surface area contributed by atoms with Crippen molar-refractivity contribution in [2.75, 3.05) is 19.7 Å². The van der Waals surface area contributed by atoms with Crippen LogP contribution < -0.4 is 0 Å². The van der Waals surface area contributed by atoms with Gasteiger partial charge in [-0.1, -0.05) is 23.2 Å². The summed E-state index contributed by atoms with van der Waals surface area (Å²) >= 11 is 6.25. The number of amides is 1. The molecular weight excluding hydrogens is 376 g/mol. The molecule has 0 spiro atoms. The number of carbonyl (C=O) groups is 1. The number of aromatic hydroxyl groups is 1. The molecule has 4 rings (SSSR count). The highest BCUT2D eigenvalue weighted by molar-refractivity contribution is 6.30. The van der Waals surface area contributed by atoms with E-state index in [1.54, 1.807) is 17.2 Å². The standard InChI is InChI=1S/C22H23ClN2O3/c1-2-28-22(27)25-11-8-14(9-12-25)20-17-6-4-16(23)13-15(17)3-5-18-19(26)7-10-24-21(18)20/h4,6-7,10,13H,2-3,5,8-9,11-12H2,1H3,(H,24,26). The molecule has 1 aromatic carbocycles. The van der Waals surface area contributed by atoms with Crippen LogP contribution in [-0.2, 0) is 17.6 Å². The van der Waals surface area contributed by atoms with Gasteiger partial charge in [0, 0.05) is 35.4 Å². The Hall–Kier alpha value is -2.53. The number of carbonyl (C=O) groups excluding carboxylic acids is 1. The van der Waals surface area contributed by atoms with Crippen molar-refractivity contribution in [3.05, 3.63) is 63.4 Å². The number of pyridine rings is 1. The number of nitrogens with zero attached hydrogens (tertiary/aromatic N) is 2. The van der Waals surface area contributed by atoms with Gasteiger partial charge in [-0.25, -0.2) is 4.79 Å². The lowest BCUT2D eigenvalue weighted by atomic mass is 9.88. The molecule has 0 atom stereocenters. The van der Waals surface area contributed by atoms with Gasteiger partial charge >= 0.3 is 6.09 Å². The highest BCUT2D eigenvalue weighted by atomic mass is 35.5. The van der Waals surface area contributed by atoms with Crippen molar-refractivity contribution < 1.29 is 14.6 Å². The number of hydrogen-bond donors (Lipinski definition) is 1. The number of aromatic nitrogens is 1. The molecule has 146 valence electrons. The van der Waals surface area contributed by atoms with E-state index in [0.717, 1.165) is 41.7 Å². The number of rotatable bonds is 1. The van der Waals surface area contributed by atoms with Crippen LogP contribution in [0.25, 0.3) is 5.57 Å². The Labute approximate surface area is 169 Å². The average Bonchev–Trinajstić information content (AvgIpc) is 2.85. The lowest BCUT2D eigenvalue weighted by Crippen LogP contribution is -2.37. The van der Waals surface area contributed by atoms with Gasteiger partial charge in [0.25, 0.3) is 0 Å². The van der Waals surface area contributed by atoms with Crippen LogP contribution in [0.3, 0.4) is 0 Å². The Kier molecular flexibility index (Phi) is 5.27. The maximum atomic E-state index is 12.0. The number of fused-ring (bicyclic) bond motifs is 2. The Balaban J connectivity index is 1.79. The molecule has 1 saturated heterocycles. The van der Waals surface area contributed by atoms with Gasteiger partial charge in [0.1, 0.15) is 5.75 Å². The van der Waals surface area contributed by atoms with Crippen molar-refractivity contribution in [3.63, 3.8) is 0 Å². The van der Waals surface area contributed by atoms with E-state index < -0.39 is 0 Å². The molecule has 5 nitrogen and oxygen atoms in total. The van der Waals surface area contributed by atoms with Crippen LogP contribution >= 0.6 is 11.6 Å². The number of ether oxygens (including phenoxy) is 1. The fourth-order valence-corrected chi connectivity index (χ4v) is 4.32. The van der Waals surface area contributed by atoms with Crippen molar-refractivity contribution in [2.24, 2.45) is 0 Å². The Morgan fingerprint density at radius 3 is 2.75 bits per heavy atom. The molecule has 0 radical (unpaired) electrons. The van der Waals surface area contributed by atoms with Crippen LogP contribution in [0.1, 0.15) is 42.1 Å². The fourth-order valence-electron chi connectivity index (χ4n) is 4.13. The normalized spacial score (nSPS) is 16.3. The van der Waals surface area contributed by atoms with Gasteiger partial charge in [0.15, 0.2) is 0 Å². The van der Waals surface area contributed by atoms with Crippen LogP contribution in [0.2, 0.25) is 5.02 Å². The van der Waals surface area contributed by atoms with E-state index in [-0.39, 0.29) is 11.8 Å². The zero-order valence-corrected chi connectivity index (χ0v) is 16.6. The van der Waals surface area contributed by atoms with Gasteiger partial charge in [-0.3, -0.25) is 4.98 Å². The summed E-state index contributed by atoms with van der Waals surface area (Å²) in [6, 6.07) is 7.61. The number of hydrogen-bond acceptors (Lipinski definition) is 4. The van der Waals surface area contributed by atoms with E-state index in [4.69, 9.17) is 16.3 Å². The van der Waals surface area contributed by atoms with Crippen molar-refractivity contribution >= 4 is 23.3 Å². The van der Waals surface area contributed by atoms with Crippen molar-refractivity contribution in [1.82, 2.24) is 9.88 Å². The molecule has 1 N–H and O–H groups in total. The Morgan fingerprint density at radius 1 is 1.21 bits per heavy atom. The quantitative estimate of drug-likeness (QED) is 0.762. The Bertz CT molecular complexity index is 945. The molecule has 6 heteroatoms. The highest BCUT2D eigenvalue weighted by Crippen LogP contribution is 2.40. The third-order valence-corrected chi connectivity index (χ3v) is 5.73. The minimum Gasteiger partial charge on any atom is -0.508 e. The summed E-state index contributed by atoms with van der Waals surface area (Å²) in [5.74, 6) is 0.283. The molecule has 1 amide bonds. The van der Waals surface area contributed by atoms with Crippen LogP contribution in [0, 0.1) is 0 Å². The summed E-state index contributed by atoms with van der Waals surface area (Å²) in [6.45, 7) is 3.44. The second kappa shape index (κ2) is 7.84. The smallest absolute Gasteiger partial charge is 0.409 e. The monoisotopic (exact) mass is 398 g/mol. The largest absolute Gasteiger partial charge is 0.508 e. The summed E-state index contributed by atoms with van der Waals surface area (Å²) in [7, 11) is 0. The fraction of sp³-hybridized carbons (Fsp3) is 0.364. The molecule has 0 saturated carbocycles. The zero-order valence-electron chi connectivity index (χ0n) is 15.9. The molecule has 1 aliphatic heterocycles. The Morgan fingerprint density at radius 2 is 2.00 bits per heavy atom. The lowest BCUT2D eigenvalue weighted by Gasteiger charge is -2.29. The second-order valence-corrected chi connectivity index (χ2v) is 7.56. The van der Waals surface area contributed by atoms with Crippen LogP contribution in [-0.4, -0.2) is 40.8 Å². The third kappa shape index (κ3) is 3.47. The maximum Gasteiger partial charge on any atom is 0.409 e. The molecule has 1 aromatic heterocycles. The van der Waals surface area contributed by atoms with Crippen LogP contribution in [0.4, 0.5) is 4.79 Å². The maximum absolute atomic E-state index is 12.0. The predicted molar refractivity (Wildman–Crippen MR) is 109 cm³/mol. The summed E-state index contributed by atoms with van der Waals surface area (Å²) in [5.41, 5.74) is 6.36. The first kappa shape index (κ1) is 18.8. The number of halogens is 1. The lowest BCUT2D eigenvalue weighted by molar-refractivity contribution is 0.104. The molecule has 1 fully saturated rings. The van der Waals surface area contributed by atoms with Gasteiger partial charge in [-0.2, -0.15) is 0 Å². The van der Waals surface area contributed by atoms with Gasteiger partial charge in [0.2, 0.25) is 0 Å². The van der Waals surface area contributed by atoms with Gasteiger partial charge in [-0.15, -0.1) is 0 Å². The minimum atomic E-state index is -0.254. The molecule has 0 bridgehead atoms. The van der Waals surface area contributed by atoms with Crippen molar-refractivity contribution in [2.45, 2.75) is 32.6 Å². The molecule has 2 heterocycles. The van der Waals surface area contributed by atoms with Crippen LogP contribution in [0.15, 0.2) is 36.0 Å². The molecular formula is C22H23ClN2O3. The minimum absolute atomic E-state index is 0.254. The van der Waals surface area contributed by atoms with Gasteiger partial charge in [0.05, 0.1) is 12.3 Å². The molecule has 2 aromatic rings. The SMILES string of the molecule is CCOC(=O)N1CCC(=C2c3ccc(Cl)cc3CCc3c(O)ccnc32)CC1. The molecule has 1 aliphatic carbocycles. The molecule has 0 unspecified atom stereocenters. The third-order valence-electron chi connectivity index (χ3n) is 5.50. The molecule has 28 heavy (non-hydrogen) atoms. The van der Waals surface area contributed by atoms with E-state index in [1.807, 2.05) is 19.1 Å². The predicted octanol–water partition coefficient (Wildman–Crippen LogP) is 4.59. The van der Waals surface area contributed by atoms with Crippen LogP contribution in [0.5, 0.6) is 5.75 Å². The first-order valence-corrected chi connectivity index (χ1v) is 10.1. The summed E-state index contributed by atoms with van der Waals surface area (Å²) < 4.78 is 5.13. The highest BCUT2D eigenvalue weighted by Gasteiger charge is 2.28. The first-order valence-electron chi connectivity index (χ1n) is 9.68. The van der Waals surface area contributed by atoms with Crippen molar-refractivity contribution in [1.29, 1.82) is 0 Å². The summed E-state index contributed by atoms with van der Waals surface area (Å²) in [6.07, 6.45) is 4.43. The topological polar surface area (TPSA) is 62.7 Å². The zero-order chi connectivity index (χ0) is 19.7. The van der Waals surface area contributed by atoms with E-state index in [1.165, 1.54) is 11.1 Å². The second-order valence-electron chi connectivity index (χ2n) is 7.12. The van der Waals surface area contributed by atoms with E-state index >= 15 is 0 Å². The first-order chi connectivity index (χ1) is 13.6. The average molecular weight is 399 g/mol. The number of likely N-dealkylation sites (tertiary alicyclic amines) is 1. The van der Waals surface area contributed by atoms with E-state index in [0.29, 0.717) is 31.1 Å². The van der Waals surface area contributed by atoms with E-state index in [2.05, 4.69) is 11.1 Å². The van der Waals surface area contributed by atoms with Gasteiger partial charge in [-0.05, 0) is 61.9 Å².